The monoisotopic (exact) mass is 394 g/mol. The lowest BCUT2D eigenvalue weighted by atomic mass is 10.2. The molecule has 1 N–H and O–H groups in total. The number of hydrogen-bond acceptors (Lipinski definition) is 6. The highest BCUT2D eigenvalue weighted by molar-refractivity contribution is 7.89. The van der Waals surface area contributed by atoms with Gasteiger partial charge in [-0.1, -0.05) is 18.2 Å². The largest absolute Gasteiger partial charge is 0.452 e. The number of morpholine rings is 1. The standard InChI is InChI=1S/C18H22N2O6S/c1-2-9-19-17(21)14-26-18(22)8-5-15-3-6-16(7-4-15)27(23,24)20-10-12-25-13-11-20/h2-8H,1,9-14H2,(H,19,21). The summed E-state index contributed by atoms with van der Waals surface area (Å²) >= 11 is 0. The molecule has 0 spiro atoms. The molecular formula is C18H22N2O6S. The number of benzene rings is 1. The Morgan fingerprint density at radius 2 is 1.89 bits per heavy atom. The number of esters is 1. The molecule has 0 aliphatic carbocycles. The number of nitrogens with one attached hydrogen (secondary N) is 1. The first kappa shape index (κ1) is 20.8. The van der Waals surface area contributed by atoms with Crippen molar-refractivity contribution < 1.29 is 27.5 Å². The molecule has 0 atom stereocenters. The van der Waals surface area contributed by atoms with Gasteiger partial charge in [0.15, 0.2) is 6.61 Å². The second-order valence-electron chi connectivity index (χ2n) is 5.62. The average Bonchev–Trinajstić information content (AvgIpc) is 2.70. The third kappa shape index (κ3) is 6.31. The molecular weight excluding hydrogens is 372 g/mol. The highest BCUT2D eigenvalue weighted by Gasteiger charge is 2.25. The number of nitrogens with zero attached hydrogens (tertiary/aromatic N) is 1. The molecule has 1 aliphatic heterocycles. The van der Waals surface area contributed by atoms with E-state index in [1.165, 1.54) is 34.7 Å². The minimum atomic E-state index is -3.55. The van der Waals surface area contributed by atoms with Crippen LogP contribution in [0.15, 0.2) is 47.9 Å². The van der Waals surface area contributed by atoms with Crippen LogP contribution in [0.3, 0.4) is 0 Å². The maximum absolute atomic E-state index is 12.5. The molecule has 27 heavy (non-hydrogen) atoms. The first-order valence-corrected chi connectivity index (χ1v) is 9.78. The van der Waals surface area contributed by atoms with Gasteiger partial charge in [-0.3, -0.25) is 4.79 Å². The average molecular weight is 394 g/mol. The minimum absolute atomic E-state index is 0.183. The number of sulfonamides is 1. The van der Waals surface area contributed by atoms with Gasteiger partial charge in [0.25, 0.3) is 5.91 Å². The van der Waals surface area contributed by atoms with E-state index in [2.05, 4.69) is 11.9 Å². The third-order valence-corrected chi connectivity index (χ3v) is 5.60. The van der Waals surface area contributed by atoms with Crippen LogP contribution >= 0.6 is 0 Å². The Hall–Kier alpha value is -2.49. The molecule has 1 aromatic carbocycles. The maximum atomic E-state index is 12.5. The SMILES string of the molecule is C=CCNC(=O)COC(=O)C=Cc1ccc(S(=O)(=O)N2CCOCC2)cc1. The topological polar surface area (TPSA) is 102 Å². The molecule has 2 rings (SSSR count). The van der Waals surface area contributed by atoms with Crippen molar-refractivity contribution in [2.24, 2.45) is 0 Å². The molecule has 0 unspecified atom stereocenters. The predicted molar refractivity (Wildman–Crippen MR) is 99.2 cm³/mol. The van der Waals surface area contributed by atoms with Crippen LogP contribution in [0.1, 0.15) is 5.56 Å². The Kier molecular flexibility index (Phi) is 7.71. The van der Waals surface area contributed by atoms with E-state index in [-0.39, 0.29) is 11.5 Å². The van der Waals surface area contributed by atoms with Gasteiger partial charge in [-0.05, 0) is 23.8 Å². The summed E-state index contributed by atoms with van der Waals surface area (Å²) in [5, 5.41) is 2.48. The van der Waals surface area contributed by atoms with Gasteiger partial charge in [0.2, 0.25) is 10.0 Å². The van der Waals surface area contributed by atoms with Crippen molar-refractivity contribution in [1.29, 1.82) is 0 Å². The lowest BCUT2D eigenvalue weighted by molar-refractivity contribution is -0.143. The number of carbonyl (C=O) groups excluding carboxylic acids is 2. The second kappa shape index (κ2) is 10.0. The summed E-state index contributed by atoms with van der Waals surface area (Å²) in [6.45, 7) is 4.80. The highest BCUT2D eigenvalue weighted by Crippen LogP contribution is 2.18. The van der Waals surface area contributed by atoms with Crippen LogP contribution < -0.4 is 5.32 Å². The molecule has 1 heterocycles. The molecule has 146 valence electrons. The molecule has 0 bridgehead atoms. The van der Waals surface area contributed by atoms with E-state index >= 15 is 0 Å². The second-order valence-corrected chi connectivity index (χ2v) is 7.56. The van der Waals surface area contributed by atoms with E-state index in [0.29, 0.717) is 38.4 Å². The van der Waals surface area contributed by atoms with Crippen LogP contribution in [0.5, 0.6) is 0 Å². The zero-order chi connectivity index (χ0) is 19.7. The molecule has 1 aromatic rings. The first-order chi connectivity index (χ1) is 12.9. The minimum Gasteiger partial charge on any atom is -0.452 e. The van der Waals surface area contributed by atoms with Crippen LogP contribution in [-0.4, -0.2) is 64.1 Å². The van der Waals surface area contributed by atoms with E-state index in [4.69, 9.17) is 9.47 Å². The highest BCUT2D eigenvalue weighted by atomic mass is 32.2. The van der Waals surface area contributed by atoms with Gasteiger partial charge in [-0.15, -0.1) is 6.58 Å². The molecule has 0 radical (unpaired) electrons. The summed E-state index contributed by atoms with van der Waals surface area (Å²) in [5.74, 6) is -1.09. The van der Waals surface area contributed by atoms with E-state index in [9.17, 15) is 18.0 Å². The van der Waals surface area contributed by atoms with E-state index in [1.807, 2.05) is 0 Å². The Labute approximate surface area is 158 Å². The van der Waals surface area contributed by atoms with Crippen molar-refractivity contribution in [2.75, 3.05) is 39.5 Å². The number of hydrogen-bond donors (Lipinski definition) is 1. The smallest absolute Gasteiger partial charge is 0.331 e. The Morgan fingerprint density at radius 1 is 1.22 bits per heavy atom. The molecule has 1 saturated heterocycles. The molecule has 1 fully saturated rings. The summed E-state index contributed by atoms with van der Waals surface area (Å²) in [5.41, 5.74) is 0.629. The number of ether oxygens (including phenoxy) is 2. The summed E-state index contributed by atoms with van der Waals surface area (Å²) in [4.78, 5) is 23.1. The van der Waals surface area contributed by atoms with Gasteiger partial charge in [0.05, 0.1) is 18.1 Å². The zero-order valence-electron chi connectivity index (χ0n) is 14.8. The fraction of sp³-hybridized carbons (Fsp3) is 0.333. The summed E-state index contributed by atoms with van der Waals surface area (Å²) in [7, 11) is -3.55. The van der Waals surface area contributed by atoms with Crippen molar-refractivity contribution >= 4 is 28.0 Å². The third-order valence-electron chi connectivity index (χ3n) is 3.69. The Bertz CT molecular complexity index is 796. The summed E-state index contributed by atoms with van der Waals surface area (Å²) in [6.07, 6.45) is 4.17. The summed E-state index contributed by atoms with van der Waals surface area (Å²) in [6, 6.07) is 6.15. The van der Waals surface area contributed by atoms with Crippen LogP contribution in [0.25, 0.3) is 6.08 Å². The molecule has 0 saturated carbocycles. The maximum Gasteiger partial charge on any atom is 0.331 e. The van der Waals surface area contributed by atoms with Crippen molar-refractivity contribution in [2.45, 2.75) is 4.90 Å². The lowest BCUT2D eigenvalue weighted by Gasteiger charge is -2.26. The zero-order valence-corrected chi connectivity index (χ0v) is 15.6. The number of rotatable bonds is 8. The summed E-state index contributed by atoms with van der Waals surface area (Å²) < 4.78 is 36.4. The van der Waals surface area contributed by atoms with Gasteiger partial charge >= 0.3 is 5.97 Å². The molecule has 9 heteroatoms. The quantitative estimate of drug-likeness (QED) is 0.393. The molecule has 1 amide bonds. The predicted octanol–water partition coefficient (Wildman–Crippen LogP) is 0.566. The van der Waals surface area contributed by atoms with Gasteiger partial charge in [-0.2, -0.15) is 4.31 Å². The van der Waals surface area contributed by atoms with E-state index in [0.717, 1.165) is 0 Å². The Balaban J connectivity index is 1.91. The number of amides is 1. The van der Waals surface area contributed by atoms with Crippen molar-refractivity contribution in [3.8, 4) is 0 Å². The first-order valence-electron chi connectivity index (χ1n) is 8.34. The van der Waals surface area contributed by atoms with Crippen LogP contribution in [0.4, 0.5) is 0 Å². The molecule has 0 aromatic heterocycles. The van der Waals surface area contributed by atoms with E-state index < -0.39 is 21.9 Å². The number of carbonyl (C=O) groups is 2. The van der Waals surface area contributed by atoms with Crippen molar-refractivity contribution in [3.05, 3.63) is 48.6 Å². The fourth-order valence-electron chi connectivity index (χ4n) is 2.27. The van der Waals surface area contributed by atoms with Gasteiger partial charge in [0.1, 0.15) is 0 Å². The van der Waals surface area contributed by atoms with Crippen LogP contribution in [-0.2, 0) is 29.1 Å². The van der Waals surface area contributed by atoms with Gasteiger partial charge in [-0.25, -0.2) is 13.2 Å². The lowest BCUT2D eigenvalue weighted by Crippen LogP contribution is -2.40. The normalized spacial score (nSPS) is 15.4. The fourth-order valence-corrected chi connectivity index (χ4v) is 3.68. The van der Waals surface area contributed by atoms with Gasteiger partial charge < -0.3 is 14.8 Å². The van der Waals surface area contributed by atoms with Crippen LogP contribution in [0.2, 0.25) is 0 Å². The Morgan fingerprint density at radius 3 is 2.52 bits per heavy atom. The molecule has 8 nitrogen and oxygen atoms in total. The van der Waals surface area contributed by atoms with Crippen molar-refractivity contribution in [3.63, 3.8) is 0 Å². The van der Waals surface area contributed by atoms with Gasteiger partial charge in [0, 0.05) is 25.7 Å². The van der Waals surface area contributed by atoms with Crippen LogP contribution in [0, 0.1) is 0 Å². The molecule has 1 aliphatic rings. The van der Waals surface area contributed by atoms with Crippen molar-refractivity contribution in [1.82, 2.24) is 9.62 Å². The van der Waals surface area contributed by atoms with E-state index in [1.54, 1.807) is 12.1 Å².